The summed E-state index contributed by atoms with van der Waals surface area (Å²) in [6, 6.07) is 90.0. The molecule has 0 bridgehead atoms. The van der Waals surface area contributed by atoms with Crippen molar-refractivity contribution in [2.45, 2.75) is 24.7 Å². The zero-order valence-electron chi connectivity index (χ0n) is 37.0. The molecular formula is C64H46N2. The topological polar surface area (TPSA) is 8.17 Å². The first-order chi connectivity index (χ1) is 32.5. The number of nitrogens with zero attached hydrogens (tertiary/aromatic N) is 2. The largest absolute Gasteiger partial charge is 0.310 e. The van der Waals surface area contributed by atoms with Gasteiger partial charge in [0.15, 0.2) is 0 Å². The van der Waals surface area contributed by atoms with E-state index in [0.29, 0.717) is 0 Å². The monoisotopic (exact) mass is 842 g/mol. The van der Waals surface area contributed by atoms with Crippen molar-refractivity contribution in [1.29, 1.82) is 0 Å². The predicted octanol–water partition coefficient (Wildman–Crippen LogP) is 16.6. The second-order valence-electron chi connectivity index (χ2n) is 18.4. The van der Waals surface area contributed by atoms with Gasteiger partial charge >= 0.3 is 0 Å². The molecule has 13 rings (SSSR count). The van der Waals surface area contributed by atoms with Gasteiger partial charge in [-0.05, 0) is 121 Å². The minimum Gasteiger partial charge on any atom is -0.310 e. The van der Waals surface area contributed by atoms with E-state index in [4.69, 9.17) is 0 Å². The fourth-order valence-corrected chi connectivity index (χ4v) is 11.8. The number of rotatable bonds is 6. The van der Waals surface area contributed by atoms with Gasteiger partial charge in [0.05, 0.1) is 16.4 Å². The number of fused-ring (bicyclic) bond motifs is 12. The summed E-state index contributed by atoms with van der Waals surface area (Å²) in [7, 11) is 0. The van der Waals surface area contributed by atoms with Gasteiger partial charge in [-0.25, -0.2) is 0 Å². The Hall–Kier alpha value is -8.20. The third kappa shape index (κ3) is 5.48. The minimum absolute atomic E-state index is 0.149. The van der Waals surface area contributed by atoms with E-state index >= 15 is 0 Å². The highest BCUT2D eigenvalue weighted by Gasteiger charge is 2.53. The highest BCUT2D eigenvalue weighted by atomic mass is 15.1. The number of anilines is 3. The molecule has 0 unspecified atom stereocenters. The van der Waals surface area contributed by atoms with Crippen molar-refractivity contribution in [3.63, 3.8) is 0 Å². The van der Waals surface area contributed by atoms with E-state index < -0.39 is 5.41 Å². The van der Waals surface area contributed by atoms with Crippen molar-refractivity contribution in [2.24, 2.45) is 0 Å². The molecule has 2 aliphatic carbocycles. The fraction of sp³-hybridized carbons (Fsp3) is 0.0625. The summed E-state index contributed by atoms with van der Waals surface area (Å²) >= 11 is 0. The lowest BCUT2D eigenvalue weighted by atomic mass is 9.55. The van der Waals surface area contributed by atoms with E-state index in [0.717, 1.165) is 22.7 Å². The maximum Gasteiger partial charge on any atom is 0.0719 e. The second-order valence-corrected chi connectivity index (χ2v) is 18.4. The Labute approximate surface area is 386 Å². The third-order valence-corrected chi connectivity index (χ3v) is 14.7. The van der Waals surface area contributed by atoms with E-state index in [1.54, 1.807) is 0 Å². The summed E-state index contributed by atoms with van der Waals surface area (Å²) in [5.74, 6) is 0. The van der Waals surface area contributed by atoms with Crippen LogP contribution in [-0.4, -0.2) is 4.57 Å². The summed E-state index contributed by atoms with van der Waals surface area (Å²) in [4.78, 5) is 2.43. The summed E-state index contributed by atoms with van der Waals surface area (Å²) < 4.78 is 2.41. The van der Waals surface area contributed by atoms with Crippen molar-refractivity contribution >= 4 is 38.9 Å². The minimum atomic E-state index is -0.457. The molecule has 0 fully saturated rings. The van der Waals surface area contributed by atoms with Gasteiger partial charge in [-0.15, -0.1) is 0 Å². The Kier molecular flexibility index (Phi) is 8.51. The SMILES string of the molecule is CC1(C)c2ccccc2C2(c3ccccc3-c3c(-c4cccc(N(c5ccc(-c6ccccc6)cc5)c5ccc6c7ccccc7n(-c7ccccc7)c6c5)c4)cccc32)c2ccccc21. The molecule has 10 aromatic carbocycles. The molecule has 0 aliphatic heterocycles. The summed E-state index contributed by atoms with van der Waals surface area (Å²) in [5, 5.41) is 2.47. The normalized spacial score (nSPS) is 13.8. The Morgan fingerprint density at radius 1 is 0.333 bits per heavy atom. The van der Waals surface area contributed by atoms with Gasteiger partial charge < -0.3 is 9.47 Å². The van der Waals surface area contributed by atoms with E-state index in [1.807, 2.05) is 0 Å². The lowest BCUT2D eigenvalue weighted by molar-refractivity contribution is 0.563. The second kappa shape index (κ2) is 14.7. The molecule has 0 saturated carbocycles. The molecule has 2 nitrogen and oxygen atoms in total. The zero-order chi connectivity index (χ0) is 44.0. The van der Waals surface area contributed by atoms with Crippen LogP contribution in [0.2, 0.25) is 0 Å². The van der Waals surface area contributed by atoms with E-state index in [-0.39, 0.29) is 5.41 Å². The molecule has 0 atom stereocenters. The van der Waals surface area contributed by atoms with Gasteiger partial charge in [-0.1, -0.05) is 202 Å². The summed E-state index contributed by atoms with van der Waals surface area (Å²) in [5.41, 5.74) is 21.8. The first kappa shape index (κ1) is 38.3. The molecule has 312 valence electrons. The average molecular weight is 843 g/mol. The van der Waals surface area contributed by atoms with Gasteiger partial charge in [0.1, 0.15) is 0 Å². The molecule has 1 spiro atoms. The Morgan fingerprint density at radius 3 is 1.59 bits per heavy atom. The van der Waals surface area contributed by atoms with Gasteiger partial charge in [-0.3, -0.25) is 0 Å². The molecule has 0 N–H and O–H groups in total. The van der Waals surface area contributed by atoms with Gasteiger partial charge in [0.25, 0.3) is 0 Å². The molecule has 1 heterocycles. The molecule has 1 aromatic heterocycles. The number of benzene rings is 10. The van der Waals surface area contributed by atoms with E-state index in [9.17, 15) is 0 Å². The molecule has 0 radical (unpaired) electrons. The van der Waals surface area contributed by atoms with Crippen LogP contribution < -0.4 is 4.90 Å². The maximum atomic E-state index is 2.43. The standard InChI is InChI=1S/C64H46N2/c1-63(2)55-29-12-14-31-57(55)64(58-32-15-13-30-56(58)63)54-28-11-9-26-53(54)62-50(27-18-33-59(62)64)45-21-17-24-48(41-45)65(47-37-35-44(36-38-47)43-19-5-3-6-20-43)49-39-40-52-51-25-10-16-34-60(51)66(61(52)42-49)46-22-7-4-8-23-46/h3-42H,1-2H3. The number of hydrogen-bond acceptors (Lipinski definition) is 1. The molecule has 11 aromatic rings. The lowest BCUT2D eigenvalue weighted by Crippen LogP contribution is -2.40. The van der Waals surface area contributed by atoms with E-state index in [1.165, 1.54) is 88.6 Å². The smallest absolute Gasteiger partial charge is 0.0719 e. The van der Waals surface area contributed by atoms with Crippen LogP contribution in [-0.2, 0) is 10.8 Å². The molecular weight excluding hydrogens is 797 g/mol. The van der Waals surface area contributed by atoms with Crippen LogP contribution in [0, 0.1) is 0 Å². The molecule has 0 amide bonds. The maximum absolute atomic E-state index is 2.43. The van der Waals surface area contributed by atoms with Crippen molar-refractivity contribution in [2.75, 3.05) is 4.90 Å². The third-order valence-electron chi connectivity index (χ3n) is 14.7. The zero-order valence-corrected chi connectivity index (χ0v) is 37.0. The summed E-state index contributed by atoms with van der Waals surface area (Å²) in [6.07, 6.45) is 0. The van der Waals surface area contributed by atoms with Crippen LogP contribution in [0.15, 0.2) is 243 Å². The highest BCUT2D eigenvalue weighted by Crippen LogP contribution is 2.63. The van der Waals surface area contributed by atoms with Gasteiger partial charge in [0, 0.05) is 38.9 Å². The quantitative estimate of drug-likeness (QED) is 0.162. The lowest BCUT2D eigenvalue weighted by Gasteiger charge is -2.46. The Bertz CT molecular complexity index is 3620. The number of hydrogen-bond donors (Lipinski definition) is 0. The van der Waals surface area contributed by atoms with Crippen molar-refractivity contribution in [3.8, 4) is 39.1 Å². The number of para-hydroxylation sites is 2. The number of aromatic nitrogens is 1. The van der Waals surface area contributed by atoms with Crippen molar-refractivity contribution in [1.82, 2.24) is 4.57 Å². The van der Waals surface area contributed by atoms with Crippen LogP contribution in [0.4, 0.5) is 17.1 Å². The van der Waals surface area contributed by atoms with E-state index in [2.05, 4.69) is 266 Å². The average Bonchev–Trinajstić information content (AvgIpc) is 3.87. The van der Waals surface area contributed by atoms with Crippen molar-refractivity contribution < 1.29 is 0 Å². The Morgan fingerprint density at radius 2 is 0.848 bits per heavy atom. The fourth-order valence-electron chi connectivity index (χ4n) is 11.8. The highest BCUT2D eigenvalue weighted by molar-refractivity contribution is 6.10. The first-order valence-corrected chi connectivity index (χ1v) is 23.1. The van der Waals surface area contributed by atoms with Gasteiger partial charge in [-0.2, -0.15) is 0 Å². The Balaban J connectivity index is 1.03. The first-order valence-electron chi connectivity index (χ1n) is 23.1. The van der Waals surface area contributed by atoms with Crippen LogP contribution in [0.25, 0.3) is 60.9 Å². The van der Waals surface area contributed by atoms with Crippen LogP contribution in [0.1, 0.15) is 47.2 Å². The van der Waals surface area contributed by atoms with Crippen LogP contribution >= 0.6 is 0 Å². The van der Waals surface area contributed by atoms with Crippen LogP contribution in [0.3, 0.4) is 0 Å². The molecule has 66 heavy (non-hydrogen) atoms. The summed E-state index contributed by atoms with van der Waals surface area (Å²) in [6.45, 7) is 4.78. The van der Waals surface area contributed by atoms with Gasteiger partial charge in [0.2, 0.25) is 0 Å². The molecule has 0 saturated heterocycles. The predicted molar refractivity (Wildman–Crippen MR) is 276 cm³/mol. The molecule has 2 aliphatic rings. The van der Waals surface area contributed by atoms with Crippen LogP contribution in [0.5, 0.6) is 0 Å². The van der Waals surface area contributed by atoms with Crippen molar-refractivity contribution in [3.05, 3.63) is 276 Å². The molecule has 2 heteroatoms.